The lowest BCUT2D eigenvalue weighted by atomic mass is 10.3. The Morgan fingerprint density at radius 1 is 0.909 bits per heavy atom. The Balaban J connectivity index is 0.000000461. The summed E-state index contributed by atoms with van der Waals surface area (Å²) in [5.41, 5.74) is 0. The second-order valence-electron chi connectivity index (χ2n) is 1.56. The van der Waals surface area contributed by atoms with Crippen LogP contribution in [0.5, 0.6) is 0 Å². The fraction of sp³-hybridized carbons (Fsp3) is 0. The van der Waals surface area contributed by atoms with Gasteiger partial charge in [0.1, 0.15) is 5.82 Å². The van der Waals surface area contributed by atoms with E-state index in [2.05, 4.69) is 0 Å². The molecule has 1 aromatic carbocycles. The Hall–Kier alpha value is -1.57. The van der Waals surface area contributed by atoms with Crippen molar-refractivity contribution in [3.05, 3.63) is 35.7 Å². The van der Waals surface area contributed by atoms with Crippen LogP contribution in [0.2, 0.25) is 0 Å². The van der Waals surface area contributed by atoms with Crippen molar-refractivity contribution in [2.45, 2.75) is 0 Å². The Morgan fingerprint density at radius 3 is 1.82 bits per heavy atom. The van der Waals surface area contributed by atoms with E-state index >= 15 is 0 Å². The molecule has 0 saturated carbocycles. The molecule has 0 saturated heterocycles. The number of rotatable bonds is 0. The summed E-state index contributed by atoms with van der Waals surface area (Å²) in [6, 6.07) is 2.10. The molecule has 0 N–H and O–H groups in total. The van der Waals surface area contributed by atoms with Crippen LogP contribution in [-0.2, 0) is 0 Å². The summed E-state index contributed by atoms with van der Waals surface area (Å²) in [4.78, 5) is 0. The Kier molecular flexibility index (Phi) is 3.67. The van der Waals surface area contributed by atoms with Crippen LogP contribution in [-0.4, -0.2) is 0 Å². The molecule has 0 bridgehead atoms. The Morgan fingerprint density at radius 2 is 1.45 bits per heavy atom. The van der Waals surface area contributed by atoms with Crippen molar-refractivity contribution in [3.63, 3.8) is 0 Å². The predicted octanol–water partition coefficient (Wildman–Crippen LogP) is 2.13. The fourth-order valence-electron chi connectivity index (χ4n) is 0.470. The fourth-order valence-corrected chi connectivity index (χ4v) is 0.470. The predicted molar refractivity (Wildman–Crippen MR) is 29.8 cm³/mol. The number of hydrogen-bond acceptors (Lipinski definition) is 2. The minimum absolute atomic E-state index is 0.495. The Bertz CT molecular complexity index is 259. The standard InChI is InChI=1S/C6H3F3.N2/c7-4-1-2-5(8)6(9)3-4;1-2/h1-3H;. The van der Waals surface area contributed by atoms with Crippen molar-refractivity contribution < 1.29 is 13.2 Å². The summed E-state index contributed by atoms with van der Waals surface area (Å²) in [5, 5.41) is 12.0. The largest absolute Gasteiger partial charge is 0.207 e. The summed E-state index contributed by atoms with van der Waals surface area (Å²) >= 11 is 0. The average molecular weight is 160 g/mol. The number of benzene rings is 1. The van der Waals surface area contributed by atoms with Gasteiger partial charge in [-0.2, -0.15) is 0 Å². The van der Waals surface area contributed by atoms with Crippen LogP contribution in [0.3, 0.4) is 0 Å². The van der Waals surface area contributed by atoms with Gasteiger partial charge in [0.15, 0.2) is 11.6 Å². The molecule has 0 spiro atoms. The molecule has 0 aliphatic rings. The summed E-state index contributed by atoms with van der Waals surface area (Å²) in [7, 11) is 0. The highest BCUT2D eigenvalue weighted by Crippen LogP contribution is 2.05. The van der Waals surface area contributed by atoms with Crippen molar-refractivity contribution >= 4 is 0 Å². The van der Waals surface area contributed by atoms with Gasteiger partial charge in [-0.05, 0) is 12.1 Å². The molecule has 2 nitrogen and oxygen atoms in total. The van der Waals surface area contributed by atoms with Crippen molar-refractivity contribution in [2.24, 2.45) is 0 Å². The van der Waals surface area contributed by atoms with E-state index in [1.54, 1.807) is 0 Å². The van der Waals surface area contributed by atoms with Crippen LogP contribution in [0.1, 0.15) is 0 Å². The lowest BCUT2D eigenvalue weighted by Gasteiger charge is -1.88. The lowest BCUT2D eigenvalue weighted by molar-refractivity contribution is 0.495. The third-order valence-electron chi connectivity index (χ3n) is 0.882. The maximum atomic E-state index is 12.0. The van der Waals surface area contributed by atoms with Crippen LogP contribution in [0.15, 0.2) is 18.2 Å². The van der Waals surface area contributed by atoms with E-state index < -0.39 is 17.5 Å². The molecule has 0 radical (unpaired) electrons. The molecule has 0 fully saturated rings. The molecule has 0 atom stereocenters. The minimum atomic E-state index is -1.16. The van der Waals surface area contributed by atoms with E-state index in [1.807, 2.05) is 0 Å². The third-order valence-corrected chi connectivity index (χ3v) is 0.882. The van der Waals surface area contributed by atoms with Crippen LogP contribution in [0.25, 0.3) is 0 Å². The van der Waals surface area contributed by atoms with Crippen LogP contribution < -0.4 is 0 Å². The first-order valence-corrected chi connectivity index (χ1v) is 2.50. The topological polar surface area (TPSA) is 47.6 Å². The summed E-state index contributed by atoms with van der Waals surface area (Å²) in [6.45, 7) is 0. The van der Waals surface area contributed by atoms with E-state index in [-0.39, 0.29) is 0 Å². The van der Waals surface area contributed by atoms with Gasteiger partial charge in [-0.25, -0.2) is 13.2 Å². The first kappa shape index (κ1) is 9.43. The summed E-state index contributed by atoms with van der Waals surface area (Å²) in [6.07, 6.45) is 0. The number of halogens is 3. The van der Waals surface area contributed by atoms with Gasteiger partial charge in [0.2, 0.25) is 0 Å². The SMILES string of the molecule is Fc1ccc(F)c(F)c1.N#N. The second-order valence-corrected chi connectivity index (χ2v) is 1.56. The van der Waals surface area contributed by atoms with Gasteiger partial charge in [0, 0.05) is 16.9 Å². The quantitative estimate of drug-likeness (QED) is 0.431. The van der Waals surface area contributed by atoms with E-state index in [0.717, 1.165) is 12.1 Å². The highest BCUT2D eigenvalue weighted by Gasteiger charge is 1.99. The summed E-state index contributed by atoms with van der Waals surface area (Å²) < 4.78 is 35.9. The van der Waals surface area contributed by atoms with E-state index in [0.29, 0.717) is 6.07 Å². The molecule has 0 amide bonds. The maximum Gasteiger partial charge on any atom is 0.161 e. The molecule has 0 aliphatic carbocycles. The monoisotopic (exact) mass is 160 g/mol. The van der Waals surface area contributed by atoms with E-state index in [4.69, 9.17) is 10.8 Å². The molecule has 58 valence electrons. The summed E-state index contributed by atoms with van der Waals surface area (Å²) in [5.74, 6) is -2.96. The van der Waals surface area contributed by atoms with Crippen LogP contribution >= 0.6 is 0 Å². The zero-order valence-corrected chi connectivity index (χ0v) is 5.26. The van der Waals surface area contributed by atoms with Crippen molar-refractivity contribution in [1.82, 2.24) is 0 Å². The molecule has 5 heteroatoms. The molecule has 0 aromatic heterocycles. The smallest absolute Gasteiger partial charge is 0.161 e. The normalized spacial score (nSPS) is 8.09. The van der Waals surface area contributed by atoms with Crippen LogP contribution in [0, 0.1) is 28.2 Å². The van der Waals surface area contributed by atoms with Crippen molar-refractivity contribution in [2.75, 3.05) is 0 Å². The molecular weight excluding hydrogens is 157 g/mol. The highest BCUT2D eigenvalue weighted by atomic mass is 19.2. The average Bonchev–Trinajstić information content (AvgIpc) is 2.02. The number of nitrogens with zero attached hydrogens (tertiary/aromatic N) is 2. The molecule has 0 heterocycles. The molecule has 0 unspecified atom stereocenters. The number of hydrogen-bond donors (Lipinski definition) is 0. The molecule has 1 rings (SSSR count). The molecule has 1 aromatic rings. The zero-order chi connectivity index (χ0) is 8.85. The van der Waals surface area contributed by atoms with Gasteiger partial charge in [-0.15, -0.1) is 0 Å². The van der Waals surface area contributed by atoms with Crippen LogP contribution in [0.4, 0.5) is 13.2 Å². The first-order valence-electron chi connectivity index (χ1n) is 2.50. The first-order chi connectivity index (χ1) is 5.20. The lowest BCUT2D eigenvalue weighted by Crippen LogP contribution is -1.83. The van der Waals surface area contributed by atoms with Crippen molar-refractivity contribution in [3.8, 4) is 0 Å². The molecular formula is C6H3F3N2. The van der Waals surface area contributed by atoms with Gasteiger partial charge >= 0.3 is 0 Å². The zero-order valence-electron chi connectivity index (χ0n) is 5.26. The van der Waals surface area contributed by atoms with Crippen molar-refractivity contribution in [1.29, 1.82) is 10.8 Å². The second kappa shape index (κ2) is 4.28. The van der Waals surface area contributed by atoms with E-state index in [9.17, 15) is 13.2 Å². The Labute approximate surface area is 60.7 Å². The van der Waals surface area contributed by atoms with Gasteiger partial charge in [0.05, 0.1) is 0 Å². The highest BCUT2D eigenvalue weighted by molar-refractivity contribution is 5.07. The van der Waals surface area contributed by atoms with Gasteiger partial charge in [-0.1, -0.05) is 0 Å². The third kappa shape index (κ3) is 2.67. The molecule has 11 heavy (non-hydrogen) atoms. The minimum Gasteiger partial charge on any atom is -0.207 e. The van der Waals surface area contributed by atoms with Gasteiger partial charge in [0.25, 0.3) is 0 Å². The maximum absolute atomic E-state index is 12.0. The van der Waals surface area contributed by atoms with E-state index in [1.165, 1.54) is 0 Å². The molecule has 0 aliphatic heterocycles. The van der Waals surface area contributed by atoms with Gasteiger partial charge < -0.3 is 0 Å². The van der Waals surface area contributed by atoms with Gasteiger partial charge in [-0.3, -0.25) is 0 Å².